The Morgan fingerprint density at radius 2 is 1.70 bits per heavy atom. The van der Waals surface area contributed by atoms with Gasteiger partial charge in [0.25, 0.3) is 0 Å². The third-order valence-corrected chi connectivity index (χ3v) is 4.77. The summed E-state index contributed by atoms with van der Waals surface area (Å²) >= 11 is 0. The molecule has 4 heteroatoms. The van der Waals surface area contributed by atoms with Gasteiger partial charge >= 0.3 is 6.18 Å². The molecule has 0 saturated heterocycles. The first-order valence-corrected chi connectivity index (χ1v) is 8.77. The molecule has 1 nitrogen and oxygen atoms in total. The predicted octanol–water partition coefficient (Wildman–Crippen LogP) is 6.48. The van der Waals surface area contributed by atoms with Gasteiger partial charge in [-0.2, -0.15) is 13.2 Å². The molecule has 0 amide bonds. The van der Waals surface area contributed by atoms with Crippen LogP contribution < -0.4 is 4.74 Å². The smallest absolute Gasteiger partial charge is 0.389 e. The van der Waals surface area contributed by atoms with E-state index in [-0.39, 0.29) is 13.0 Å². The summed E-state index contributed by atoms with van der Waals surface area (Å²) in [4.78, 5) is 0. The van der Waals surface area contributed by atoms with Crippen molar-refractivity contribution in [2.45, 2.75) is 70.4 Å². The SMILES string of the molecule is CCCC1CCC(c2ccc(OCCCC(F)(F)F)cc2)CC1. The lowest BCUT2D eigenvalue weighted by molar-refractivity contribution is -0.136. The Kier molecular flexibility index (Phi) is 6.79. The van der Waals surface area contributed by atoms with E-state index < -0.39 is 12.6 Å². The fourth-order valence-electron chi connectivity index (χ4n) is 3.49. The fourth-order valence-corrected chi connectivity index (χ4v) is 3.49. The van der Waals surface area contributed by atoms with Crippen molar-refractivity contribution >= 4 is 0 Å². The van der Waals surface area contributed by atoms with Gasteiger partial charge in [-0.05, 0) is 61.6 Å². The van der Waals surface area contributed by atoms with Crippen LogP contribution in [-0.4, -0.2) is 12.8 Å². The second-order valence-corrected chi connectivity index (χ2v) is 6.64. The summed E-state index contributed by atoms with van der Waals surface area (Å²) in [6.07, 6.45) is 2.87. The summed E-state index contributed by atoms with van der Waals surface area (Å²) < 4.78 is 41.6. The Bertz CT molecular complexity index is 445. The van der Waals surface area contributed by atoms with Crippen LogP contribution in [0.1, 0.15) is 69.8 Å². The van der Waals surface area contributed by atoms with E-state index in [4.69, 9.17) is 4.74 Å². The van der Waals surface area contributed by atoms with Crippen molar-refractivity contribution in [1.82, 2.24) is 0 Å². The molecule has 0 aromatic heterocycles. The van der Waals surface area contributed by atoms with E-state index in [1.807, 2.05) is 12.1 Å². The van der Waals surface area contributed by atoms with Gasteiger partial charge in [0.1, 0.15) is 5.75 Å². The fraction of sp³-hybridized carbons (Fsp3) is 0.684. The highest BCUT2D eigenvalue weighted by atomic mass is 19.4. The van der Waals surface area contributed by atoms with E-state index >= 15 is 0 Å². The number of rotatable bonds is 7. The third kappa shape index (κ3) is 6.44. The quantitative estimate of drug-likeness (QED) is 0.520. The maximum atomic E-state index is 12.1. The first-order valence-electron chi connectivity index (χ1n) is 8.77. The number of ether oxygens (including phenoxy) is 1. The maximum absolute atomic E-state index is 12.1. The van der Waals surface area contributed by atoms with Crippen LogP contribution in [0.5, 0.6) is 5.75 Å². The molecule has 130 valence electrons. The summed E-state index contributed by atoms with van der Waals surface area (Å²) in [5.74, 6) is 2.19. The Labute approximate surface area is 137 Å². The molecular formula is C19H27F3O. The molecule has 23 heavy (non-hydrogen) atoms. The minimum Gasteiger partial charge on any atom is -0.494 e. The highest BCUT2D eigenvalue weighted by Crippen LogP contribution is 2.37. The molecule has 0 unspecified atom stereocenters. The van der Waals surface area contributed by atoms with Gasteiger partial charge in [0.2, 0.25) is 0 Å². The first kappa shape index (κ1) is 18.2. The number of halogens is 3. The summed E-state index contributed by atoms with van der Waals surface area (Å²) in [7, 11) is 0. The van der Waals surface area contributed by atoms with Crippen molar-refractivity contribution in [3.8, 4) is 5.75 Å². The molecule has 0 bridgehead atoms. The van der Waals surface area contributed by atoms with Gasteiger partial charge in [0, 0.05) is 6.42 Å². The van der Waals surface area contributed by atoms with Crippen molar-refractivity contribution in [3.63, 3.8) is 0 Å². The lowest BCUT2D eigenvalue weighted by atomic mass is 9.77. The largest absolute Gasteiger partial charge is 0.494 e. The second-order valence-electron chi connectivity index (χ2n) is 6.64. The zero-order valence-electron chi connectivity index (χ0n) is 13.9. The molecule has 1 aliphatic rings. The van der Waals surface area contributed by atoms with Gasteiger partial charge in [-0.1, -0.05) is 31.9 Å². The van der Waals surface area contributed by atoms with E-state index in [0.29, 0.717) is 11.7 Å². The number of alkyl halides is 3. The van der Waals surface area contributed by atoms with Crippen molar-refractivity contribution in [3.05, 3.63) is 29.8 Å². The van der Waals surface area contributed by atoms with Gasteiger partial charge in [0.15, 0.2) is 0 Å². The molecule has 1 fully saturated rings. The number of benzene rings is 1. The standard InChI is InChI=1S/C19H27F3O/c1-2-4-15-5-7-16(8-6-15)17-9-11-18(12-10-17)23-14-3-13-19(20,21)22/h9-12,15-16H,2-8,13-14H2,1H3. The van der Waals surface area contributed by atoms with Crippen LogP contribution in [0.2, 0.25) is 0 Å². The van der Waals surface area contributed by atoms with Crippen molar-refractivity contribution in [2.24, 2.45) is 5.92 Å². The Hall–Kier alpha value is -1.19. The normalized spacial score (nSPS) is 22.1. The molecule has 0 spiro atoms. The zero-order valence-corrected chi connectivity index (χ0v) is 13.9. The lowest BCUT2D eigenvalue weighted by Crippen LogP contribution is -2.13. The van der Waals surface area contributed by atoms with Crippen LogP contribution in [0, 0.1) is 5.92 Å². The monoisotopic (exact) mass is 328 g/mol. The second kappa shape index (κ2) is 8.60. The molecule has 1 aromatic rings. The van der Waals surface area contributed by atoms with Crippen LogP contribution in [-0.2, 0) is 0 Å². The van der Waals surface area contributed by atoms with Crippen molar-refractivity contribution < 1.29 is 17.9 Å². The highest BCUT2D eigenvalue weighted by Gasteiger charge is 2.26. The van der Waals surface area contributed by atoms with Crippen LogP contribution in [0.3, 0.4) is 0 Å². The van der Waals surface area contributed by atoms with Crippen LogP contribution >= 0.6 is 0 Å². The molecule has 0 aliphatic heterocycles. The van der Waals surface area contributed by atoms with E-state index in [1.54, 1.807) is 0 Å². The summed E-state index contributed by atoms with van der Waals surface area (Å²) in [5.41, 5.74) is 1.34. The molecule has 1 aromatic carbocycles. The number of hydrogen-bond donors (Lipinski definition) is 0. The summed E-state index contributed by atoms with van der Waals surface area (Å²) in [5, 5.41) is 0. The van der Waals surface area contributed by atoms with Gasteiger partial charge in [-0.25, -0.2) is 0 Å². The maximum Gasteiger partial charge on any atom is 0.389 e. The molecule has 0 atom stereocenters. The molecule has 0 N–H and O–H groups in total. The Morgan fingerprint density at radius 3 is 2.26 bits per heavy atom. The average molecular weight is 328 g/mol. The van der Waals surface area contributed by atoms with Gasteiger partial charge < -0.3 is 4.74 Å². The van der Waals surface area contributed by atoms with Gasteiger partial charge in [0.05, 0.1) is 6.61 Å². The van der Waals surface area contributed by atoms with E-state index in [2.05, 4.69) is 19.1 Å². The third-order valence-electron chi connectivity index (χ3n) is 4.77. The Balaban J connectivity index is 1.74. The lowest BCUT2D eigenvalue weighted by Gasteiger charge is -2.28. The van der Waals surface area contributed by atoms with Gasteiger partial charge in [-0.15, -0.1) is 0 Å². The van der Waals surface area contributed by atoms with E-state index in [0.717, 1.165) is 5.92 Å². The molecule has 2 rings (SSSR count). The molecule has 1 saturated carbocycles. The predicted molar refractivity (Wildman–Crippen MR) is 86.8 cm³/mol. The minimum absolute atomic E-state index is 0.00664. The van der Waals surface area contributed by atoms with Crippen LogP contribution in [0.4, 0.5) is 13.2 Å². The summed E-state index contributed by atoms with van der Waals surface area (Å²) in [6, 6.07) is 7.93. The van der Waals surface area contributed by atoms with Crippen molar-refractivity contribution in [2.75, 3.05) is 6.61 Å². The topological polar surface area (TPSA) is 9.23 Å². The number of hydrogen-bond acceptors (Lipinski definition) is 1. The van der Waals surface area contributed by atoms with Gasteiger partial charge in [-0.3, -0.25) is 0 Å². The molecule has 0 heterocycles. The van der Waals surface area contributed by atoms with Crippen molar-refractivity contribution in [1.29, 1.82) is 0 Å². The molecular weight excluding hydrogens is 301 g/mol. The molecule has 0 radical (unpaired) electrons. The van der Waals surface area contributed by atoms with Crippen LogP contribution in [0.25, 0.3) is 0 Å². The summed E-state index contributed by atoms with van der Waals surface area (Å²) in [6.45, 7) is 2.36. The zero-order chi connectivity index (χ0) is 16.7. The van der Waals surface area contributed by atoms with E-state index in [9.17, 15) is 13.2 Å². The highest BCUT2D eigenvalue weighted by molar-refractivity contribution is 5.29. The average Bonchev–Trinajstić information content (AvgIpc) is 2.52. The van der Waals surface area contributed by atoms with Crippen LogP contribution in [0.15, 0.2) is 24.3 Å². The Morgan fingerprint density at radius 1 is 1.04 bits per heavy atom. The minimum atomic E-state index is -4.09. The van der Waals surface area contributed by atoms with E-state index in [1.165, 1.54) is 44.1 Å². The first-order chi connectivity index (χ1) is 11.0. The molecule has 1 aliphatic carbocycles.